The second-order valence-corrected chi connectivity index (χ2v) is 6.14. The molecule has 23 heavy (non-hydrogen) atoms. The predicted octanol–water partition coefficient (Wildman–Crippen LogP) is 6.01. The number of carbonyl (C=O) groups is 1. The van der Waals surface area contributed by atoms with Gasteiger partial charge in [0.2, 0.25) is 0 Å². The highest BCUT2D eigenvalue weighted by atomic mass is 35.5. The van der Waals surface area contributed by atoms with Crippen molar-refractivity contribution >= 4 is 29.0 Å². The number of hydrogen-bond donors (Lipinski definition) is 0. The molecule has 0 saturated heterocycles. The monoisotopic (exact) mass is 340 g/mol. The third-order valence-electron chi connectivity index (χ3n) is 3.73. The van der Waals surface area contributed by atoms with Gasteiger partial charge in [0.05, 0.1) is 5.92 Å². The lowest BCUT2D eigenvalue weighted by molar-refractivity contribution is 0.0974. The lowest BCUT2D eigenvalue weighted by Gasteiger charge is -2.17. The first-order valence-corrected chi connectivity index (χ1v) is 8.01. The molecular formula is C20H14Cl2O. The third kappa shape index (κ3) is 3.64. The molecule has 3 rings (SSSR count). The van der Waals surface area contributed by atoms with Gasteiger partial charge in [-0.1, -0.05) is 65.7 Å². The smallest absolute Gasteiger partial charge is 0.174 e. The van der Waals surface area contributed by atoms with E-state index in [-0.39, 0.29) is 11.7 Å². The lowest BCUT2D eigenvalue weighted by atomic mass is 9.85. The Morgan fingerprint density at radius 1 is 0.652 bits per heavy atom. The fourth-order valence-electron chi connectivity index (χ4n) is 2.58. The maximum absolute atomic E-state index is 13.1. The molecule has 114 valence electrons. The van der Waals surface area contributed by atoms with Crippen LogP contribution in [0.25, 0.3) is 0 Å². The second-order valence-electron chi connectivity index (χ2n) is 5.27. The number of rotatable bonds is 4. The van der Waals surface area contributed by atoms with E-state index in [9.17, 15) is 4.79 Å². The Morgan fingerprint density at radius 3 is 1.70 bits per heavy atom. The molecule has 1 atom stereocenters. The molecule has 3 aromatic carbocycles. The molecule has 1 nitrogen and oxygen atoms in total. The minimum absolute atomic E-state index is 0.0372. The van der Waals surface area contributed by atoms with Gasteiger partial charge in [-0.25, -0.2) is 0 Å². The maximum Gasteiger partial charge on any atom is 0.174 e. The molecule has 0 aliphatic carbocycles. The zero-order valence-electron chi connectivity index (χ0n) is 12.2. The van der Waals surface area contributed by atoms with Gasteiger partial charge >= 0.3 is 0 Å². The van der Waals surface area contributed by atoms with Crippen LogP contribution >= 0.6 is 23.2 Å². The molecule has 3 aromatic rings. The maximum atomic E-state index is 13.1. The molecule has 1 unspecified atom stereocenters. The summed E-state index contributed by atoms with van der Waals surface area (Å²) in [7, 11) is 0. The Bertz CT molecular complexity index is 793. The van der Waals surface area contributed by atoms with Crippen LogP contribution in [-0.2, 0) is 0 Å². The van der Waals surface area contributed by atoms with Gasteiger partial charge < -0.3 is 0 Å². The number of ketones is 1. The van der Waals surface area contributed by atoms with Gasteiger partial charge in [-0.2, -0.15) is 0 Å². The Balaban J connectivity index is 2.06. The molecule has 0 N–H and O–H groups in total. The van der Waals surface area contributed by atoms with Crippen LogP contribution in [-0.4, -0.2) is 5.78 Å². The van der Waals surface area contributed by atoms with Gasteiger partial charge in [0.25, 0.3) is 0 Å². The molecule has 0 spiro atoms. The summed E-state index contributed by atoms with van der Waals surface area (Å²) < 4.78 is 0. The number of hydrogen-bond acceptors (Lipinski definition) is 1. The molecule has 0 aromatic heterocycles. The van der Waals surface area contributed by atoms with Crippen LogP contribution in [0.5, 0.6) is 0 Å². The molecule has 0 bridgehead atoms. The van der Waals surface area contributed by atoms with E-state index in [1.807, 2.05) is 54.6 Å². The van der Waals surface area contributed by atoms with Crippen molar-refractivity contribution in [3.8, 4) is 0 Å². The average Bonchev–Trinajstić information content (AvgIpc) is 2.58. The molecule has 0 aliphatic rings. The van der Waals surface area contributed by atoms with E-state index in [4.69, 9.17) is 23.2 Å². The molecule has 0 fully saturated rings. The fourth-order valence-corrected chi connectivity index (χ4v) is 2.83. The van der Waals surface area contributed by atoms with Gasteiger partial charge in [-0.15, -0.1) is 0 Å². The normalized spacial score (nSPS) is 11.9. The fraction of sp³-hybridized carbons (Fsp3) is 0.0500. The average molecular weight is 341 g/mol. The second kappa shape index (κ2) is 6.99. The lowest BCUT2D eigenvalue weighted by Crippen LogP contribution is -2.14. The highest BCUT2D eigenvalue weighted by Gasteiger charge is 2.23. The third-order valence-corrected chi connectivity index (χ3v) is 4.23. The summed E-state index contributed by atoms with van der Waals surface area (Å²) in [5.41, 5.74) is 2.51. The molecular weight excluding hydrogens is 327 g/mol. The number of benzene rings is 3. The van der Waals surface area contributed by atoms with Crippen LogP contribution in [0.15, 0.2) is 78.9 Å². The standard InChI is InChI=1S/C20H14Cl2O/c21-17-10-6-15(7-11-17)19(14-4-2-1-3-5-14)20(23)16-8-12-18(22)13-9-16/h1-13,19H. The van der Waals surface area contributed by atoms with Gasteiger partial charge in [0.15, 0.2) is 5.78 Å². The van der Waals surface area contributed by atoms with Crippen LogP contribution in [0, 0.1) is 0 Å². The summed E-state index contributed by atoms with van der Waals surface area (Å²) in [6, 6.07) is 24.1. The zero-order chi connectivity index (χ0) is 16.2. The van der Waals surface area contributed by atoms with E-state index in [1.54, 1.807) is 24.3 Å². The predicted molar refractivity (Wildman–Crippen MR) is 95.5 cm³/mol. The van der Waals surface area contributed by atoms with Crippen molar-refractivity contribution < 1.29 is 4.79 Å². The van der Waals surface area contributed by atoms with Crippen molar-refractivity contribution in [1.29, 1.82) is 0 Å². The summed E-state index contributed by atoms with van der Waals surface area (Å²) in [5.74, 6) is -0.329. The highest BCUT2D eigenvalue weighted by Crippen LogP contribution is 2.29. The van der Waals surface area contributed by atoms with Crippen molar-refractivity contribution in [1.82, 2.24) is 0 Å². The van der Waals surface area contributed by atoms with Gasteiger partial charge in [0, 0.05) is 15.6 Å². The highest BCUT2D eigenvalue weighted by molar-refractivity contribution is 6.31. The quantitative estimate of drug-likeness (QED) is 0.531. The van der Waals surface area contributed by atoms with Crippen LogP contribution in [0.1, 0.15) is 27.4 Å². The summed E-state index contributed by atoms with van der Waals surface area (Å²) in [6.07, 6.45) is 0. The van der Waals surface area contributed by atoms with Crippen molar-refractivity contribution in [2.24, 2.45) is 0 Å². The first-order chi connectivity index (χ1) is 11.1. The molecule has 3 heteroatoms. The summed E-state index contributed by atoms with van der Waals surface area (Å²) in [6.45, 7) is 0. The van der Waals surface area contributed by atoms with Crippen molar-refractivity contribution in [2.75, 3.05) is 0 Å². The van der Waals surface area contributed by atoms with Crippen LogP contribution in [0.4, 0.5) is 0 Å². The van der Waals surface area contributed by atoms with E-state index in [1.165, 1.54) is 0 Å². The van der Waals surface area contributed by atoms with E-state index in [0.717, 1.165) is 11.1 Å². The first-order valence-electron chi connectivity index (χ1n) is 7.25. The molecule has 0 radical (unpaired) electrons. The molecule has 0 aliphatic heterocycles. The van der Waals surface area contributed by atoms with E-state index in [0.29, 0.717) is 15.6 Å². The summed E-state index contributed by atoms with van der Waals surface area (Å²) in [4.78, 5) is 13.1. The minimum Gasteiger partial charge on any atom is -0.293 e. The zero-order valence-corrected chi connectivity index (χ0v) is 13.8. The van der Waals surface area contributed by atoms with E-state index in [2.05, 4.69) is 0 Å². The van der Waals surface area contributed by atoms with Crippen LogP contribution in [0.3, 0.4) is 0 Å². The SMILES string of the molecule is O=C(c1ccc(Cl)cc1)C(c1ccccc1)c1ccc(Cl)cc1. The van der Waals surface area contributed by atoms with Crippen molar-refractivity contribution in [3.05, 3.63) is 106 Å². The summed E-state index contributed by atoms with van der Waals surface area (Å²) >= 11 is 11.9. The van der Waals surface area contributed by atoms with E-state index < -0.39 is 0 Å². The number of Topliss-reactive ketones (excluding diaryl/α,β-unsaturated/α-hetero) is 1. The van der Waals surface area contributed by atoms with Crippen LogP contribution in [0.2, 0.25) is 10.0 Å². The van der Waals surface area contributed by atoms with Gasteiger partial charge in [-0.05, 0) is 47.5 Å². The minimum atomic E-state index is -0.366. The van der Waals surface area contributed by atoms with Gasteiger partial charge in [0.1, 0.15) is 0 Å². The number of carbonyl (C=O) groups excluding carboxylic acids is 1. The van der Waals surface area contributed by atoms with Crippen molar-refractivity contribution in [3.63, 3.8) is 0 Å². The van der Waals surface area contributed by atoms with Crippen molar-refractivity contribution in [2.45, 2.75) is 5.92 Å². The summed E-state index contributed by atoms with van der Waals surface area (Å²) in [5, 5.41) is 1.27. The molecule has 0 saturated carbocycles. The first kappa shape index (κ1) is 15.8. The molecule has 0 heterocycles. The van der Waals surface area contributed by atoms with Gasteiger partial charge in [-0.3, -0.25) is 4.79 Å². The van der Waals surface area contributed by atoms with E-state index >= 15 is 0 Å². The Kier molecular flexibility index (Phi) is 4.80. The van der Waals surface area contributed by atoms with Crippen LogP contribution < -0.4 is 0 Å². The topological polar surface area (TPSA) is 17.1 Å². The molecule has 0 amide bonds. The Hall–Kier alpha value is -2.09. The largest absolute Gasteiger partial charge is 0.293 e. The number of halogens is 2. The Morgan fingerprint density at radius 2 is 1.13 bits per heavy atom. The Labute approximate surface area is 145 Å².